The molecule has 1 aromatic carbocycles. The van der Waals surface area contributed by atoms with E-state index in [4.69, 9.17) is 37.4 Å². The second-order valence-electron chi connectivity index (χ2n) is 7.62. The third-order valence-electron chi connectivity index (χ3n) is 5.59. The van der Waals surface area contributed by atoms with Gasteiger partial charge in [0.2, 0.25) is 0 Å². The number of methoxy groups -OCH3 is 1. The van der Waals surface area contributed by atoms with Crippen LogP contribution in [-0.2, 0) is 4.74 Å². The minimum atomic E-state index is -0.242. The van der Waals surface area contributed by atoms with Crippen molar-refractivity contribution in [3.8, 4) is 11.5 Å². The first-order valence-corrected chi connectivity index (χ1v) is 11.1. The molecule has 1 aromatic rings. The van der Waals surface area contributed by atoms with Gasteiger partial charge in [0.05, 0.1) is 29.9 Å². The standard InChI is InChI=1S/C21H30Cl2N2O4/c1-3-4-7-25-8-6-14(17(13-25)27-2)12-24-21(26)15-11-16(22)18(23)20-19(15)28-9-5-10-29-20/h11,14,17H,3-10,12-13H2,1-2H3,(H,24,26)/t14-,17?/m0/s1. The van der Waals surface area contributed by atoms with Gasteiger partial charge in [0.25, 0.3) is 5.91 Å². The Hall–Kier alpha value is -1.21. The van der Waals surface area contributed by atoms with Crippen LogP contribution in [0, 0.1) is 5.92 Å². The Balaban J connectivity index is 1.66. The molecule has 0 bridgehead atoms. The quantitative estimate of drug-likeness (QED) is 0.687. The van der Waals surface area contributed by atoms with E-state index in [9.17, 15) is 4.79 Å². The van der Waals surface area contributed by atoms with Gasteiger partial charge in [-0.05, 0) is 32.0 Å². The fraction of sp³-hybridized carbons (Fsp3) is 0.667. The maximum absolute atomic E-state index is 12.9. The zero-order chi connectivity index (χ0) is 20.8. The molecule has 1 saturated heterocycles. The Labute approximate surface area is 182 Å². The smallest absolute Gasteiger partial charge is 0.255 e. The number of halogens is 2. The van der Waals surface area contributed by atoms with Crippen molar-refractivity contribution in [2.45, 2.75) is 38.7 Å². The highest BCUT2D eigenvalue weighted by atomic mass is 35.5. The number of unbranched alkanes of at least 4 members (excludes halogenated alkanes) is 1. The molecule has 2 aliphatic heterocycles. The molecule has 3 rings (SSSR count). The molecule has 8 heteroatoms. The average Bonchev–Trinajstić information content (AvgIpc) is 2.99. The number of fused-ring (bicyclic) bond motifs is 1. The molecule has 0 spiro atoms. The summed E-state index contributed by atoms with van der Waals surface area (Å²) >= 11 is 12.5. The number of amides is 1. The molecule has 1 unspecified atom stereocenters. The van der Waals surface area contributed by atoms with Crippen LogP contribution in [0.3, 0.4) is 0 Å². The van der Waals surface area contributed by atoms with Crippen LogP contribution >= 0.6 is 23.2 Å². The normalized spacial score (nSPS) is 22.2. The molecule has 0 aliphatic carbocycles. The van der Waals surface area contributed by atoms with E-state index in [1.165, 1.54) is 12.8 Å². The maximum Gasteiger partial charge on any atom is 0.255 e. The maximum atomic E-state index is 12.9. The third-order valence-corrected chi connectivity index (χ3v) is 6.36. The highest BCUT2D eigenvalue weighted by Gasteiger charge is 2.30. The second-order valence-corrected chi connectivity index (χ2v) is 8.40. The van der Waals surface area contributed by atoms with E-state index >= 15 is 0 Å². The van der Waals surface area contributed by atoms with E-state index in [0.717, 1.165) is 32.5 Å². The number of likely N-dealkylation sites (tertiary alicyclic amines) is 1. The van der Waals surface area contributed by atoms with Crippen LogP contribution in [0.25, 0.3) is 0 Å². The zero-order valence-electron chi connectivity index (χ0n) is 17.1. The molecular weight excluding hydrogens is 415 g/mol. The number of nitrogens with zero attached hydrogens (tertiary/aromatic N) is 1. The predicted octanol–water partition coefficient (Wildman–Crippen LogP) is 4.02. The van der Waals surface area contributed by atoms with Crippen LogP contribution in [0.2, 0.25) is 10.0 Å². The van der Waals surface area contributed by atoms with Crippen molar-refractivity contribution in [1.82, 2.24) is 10.2 Å². The Morgan fingerprint density at radius 1 is 1.31 bits per heavy atom. The van der Waals surface area contributed by atoms with Gasteiger partial charge in [-0.3, -0.25) is 4.79 Å². The number of piperidine rings is 1. The highest BCUT2D eigenvalue weighted by molar-refractivity contribution is 6.43. The molecule has 1 fully saturated rings. The number of hydrogen-bond acceptors (Lipinski definition) is 5. The van der Waals surface area contributed by atoms with Crippen molar-refractivity contribution in [3.63, 3.8) is 0 Å². The Morgan fingerprint density at radius 3 is 2.79 bits per heavy atom. The number of nitrogens with one attached hydrogen (secondary N) is 1. The molecule has 2 heterocycles. The number of ether oxygens (including phenoxy) is 3. The zero-order valence-corrected chi connectivity index (χ0v) is 18.7. The molecule has 162 valence electrons. The van der Waals surface area contributed by atoms with Crippen molar-refractivity contribution in [2.75, 3.05) is 46.5 Å². The van der Waals surface area contributed by atoms with Gasteiger partial charge < -0.3 is 24.4 Å². The molecule has 29 heavy (non-hydrogen) atoms. The fourth-order valence-electron chi connectivity index (χ4n) is 3.87. The topological polar surface area (TPSA) is 60.0 Å². The van der Waals surface area contributed by atoms with E-state index in [0.29, 0.717) is 36.8 Å². The number of carbonyl (C=O) groups is 1. The van der Waals surface area contributed by atoms with Crippen molar-refractivity contribution in [3.05, 3.63) is 21.7 Å². The highest BCUT2D eigenvalue weighted by Crippen LogP contribution is 2.44. The van der Waals surface area contributed by atoms with Crippen LogP contribution in [0.15, 0.2) is 6.07 Å². The molecular formula is C21H30Cl2N2O4. The van der Waals surface area contributed by atoms with Crippen LogP contribution in [0.1, 0.15) is 43.0 Å². The number of hydrogen-bond donors (Lipinski definition) is 1. The molecule has 2 aliphatic rings. The van der Waals surface area contributed by atoms with Gasteiger partial charge in [0, 0.05) is 32.5 Å². The lowest BCUT2D eigenvalue weighted by molar-refractivity contribution is -0.0106. The number of carbonyl (C=O) groups excluding carboxylic acids is 1. The first-order valence-electron chi connectivity index (χ1n) is 10.4. The van der Waals surface area contributed by atoms with E-state index in [1.54, 1.807) is 13.2 Å². The van der Waals surface area contributed by atoms with E-state index < -0.39 is 0 Å². The molecule has 6 nitrogen and oxygen atoms in total. The van der Waals surface area contributed by atoms with Gasteiger partial charge in [-0.15, -0.1) is 0 Å². The van der Waals surface area contributed by atoms with E-state index in [-0.39, 0.29) is 28.0 Å². The Kier molecular flexibility index (Phi) is 8.30. The number of benzene rings is 1. The summed E-state index contributed by atoms with van der Waals surface area (Å²) in [6.07, 6.45) is 4.19. The van der Waals surface area contributed by atoms with E-state index in [2.05, 4.69) is 17.1 Å². The van der Waals surface area contributed by atoms with Crippen molar-refractivity contribution >= 4 is 29.1 Å². The van der Waals surface area contributed by atoms with Crippen LogP contribution in [0.4, 0.5) is 0 Å². The predicted molar refractivity (Wildman–Crippen MR) is 115 cm³/mol. The van der Waals surface area contributed by atoms with Gasteiger partial charge in [-0.2, -0.15) is 0 Å². The summed E-state index contributed by atoms with van der Waals surface area (Å²) in [6, 6.07) is 1.55. The molecule has 1 amide bonds. The van der Waals surface area contributed by atoms with Gasteiger partial charge >= 0.3 is 0 Å². The Morgan fingerprint density at radius 2 is 2.07 bits per heavy atom. The summed E-state index contributed by atoms with van der Waals surface area (Å²) < 4.78 is 17.2. The summed E-state index contributed by atoms with van der Waals surface area (Å²) in [7, 11) is 1.74. The monoisotopic (exact) mass is 444 g/mol. The summed E-state index contributed by atoms with van der Waals surface area (Å²) in [5.41, 5.74) is 0.352. The van der Waals surface area contributed by atoms with Gasteiger partial charge in [-0.25, -0.2) is 0 Å². The average molecular weight is 445 g/mol. The SMILES string of the molecule is CCCCN1CC[C@@H](CNC(=O)c2cc(Cl)c(Cl)c3c2OCCCO3)C(OC)C1. The van der Waals surface area contributed by atoms with Gasteiger partial charge in [0.1, 0.15) is 5.02 Å². The van der Waals surface area contributed by atoms with Crippen molar-refractivity contribution in [2.24, 2.45) is 5.92 Å². The first kappa shape index (κ1) is 22.5. The lowest BCUT2D eigenvalue weighted by atomic mass is 9.93. The molecule has 1 N–H and O–H groups in total. The molecule has 2 atom stereocenters. The van der Waals surface area contributed by atoms with Gasteiger partial charge in [-0.1, -0.05) is 36.5 Å². The lowest BCUT2D eigenvalue weighted by Gasteiger charge is -2.37. The fourth-order valence-corrected chi connectivity index (χ4v) is 4.26. The summed E-state index contributed by atoms with van der Waals surface area (Å²) in [4.78, 5) is 15.4. The number of rotatable bonds is 7. The van der Waals surface area contributed by atoms with E-state index in [1.807, 2.05) is 0 Å². The molecule has 0 aromatic heterocycles. The molecule has 0 saturated carbocycles. The van der Waals surface area contributed by atoms with Crippen LogP contribution in [-0.4, -0.2) is 63.4 Å². The Bertz CT molecular complexity index is 716. The van der Waals surface area contributed by atoms with Crippen molar-refractivity contribution < 1.29 is 19.0 Å². The minimum absolute atomic E-state index is 0.103. The minimum Gasteiger partial charge on any atom is -0.489 e. The molecule has 0 radical (unpaired) electrons. The summed E-state index contributed by atoms with van der Waals surface area (Å²) in [5, 5.41) is 3.59. The van der Waals surface area contributed by atoms with Crippen molar-refractivity contribution in [1.29, 1.82) is 0 Å². The summed E-state index contributed by atoms with van der Waals surface area (Å²) in [6.45, 7) is 6.70. The largest absolute Gasteiger partial charge is 0.489 e. The third kappa shape index (κ3) is 5.48. The summed E-state index contributed by atoms with van der Waals surface area (Å²) in [5.74, 6) is 0.738. The second kappa shape index (κ2) is 10.7. The van der Waals surface area contributed by atoms with Crippen LogP contribution in [0.5, 0.6) is 11.5 Å². The van der Waals surface area contributed by atoms with Crippen LogP contribution < -0.4 is 14.8 Å². The lowest BCUT2D eigenvalue weighted by Crippen LogP contribution is -2.48. The van der Waals surface area contributed by atoms with Gasteiger partial charge in [0.15, 0.2) is 11.5 Å². The first-order chi connectivity index (χ1) is 14.0.